The molecule has 0 saturated heterocycles. The van der Waals surface area contributed by atoms with Gasteiger partial charge < -0.3 is 9.15 Å². The summed E-state index contributed by atoms with van der Waals surface area (Å²) in [6.45, 7) is 1.14. The number of alkyl halides is 2. The average Bonchev–Trinajstić information content (AvgIpc) is 2.69. The highest BCUT2D eigenvalue weighted by Crippen LogP contribution is 2.22. The fourth-order valence-electron chi connectivity index (χ4n) is 0.877. The number of carbonyl (C=O) groups is 2. The number of carbonyl (C=O) groups excluding carboxylic acids is 2. The van der Waals surface area contributed by atoms with Crippen molar-refractivity contribution in [3.63, 3.8) is 0 Å². The maximum atomic E-state index is 13.1. The molecule has 0 unspecified atom stereocenters. The smallest absolute Gasteiger partial charge is 0.407 e. The Morgan fingerprint density at radius 3 is 2.67 bits per heavy atom. The Labute approximate surface area is 83.8 Å². The van der Waals surface area contributed by atoms with Crippen molar-refractivity contribution < 1.29 is 27.5 Å². The molecule has 4 nitrogen and oxygen atoms in total. The molecule has 1 rings (SSSR count). The second-order valence-electron chi connectivity index (χ2n) is 2.60. The van der Waals surface area contributed by atoms with Gasteiger partial charge in [-0.3, -0.25) is 4.79 Å². The lowest BCUT2D eigenvalue weighted by Gasteiger charge is -2.11. The van der Waals surface area contributed by atoms with Gasteiger partial charge in [0.25, 0.3) is 5.78 Å². The minimum atomic E-state index is -4.20. The van der Waals surface area contributed by atoms with E-state index in [1.165, 1.54) is 13.0 Å². The van der Waals surface area contributed by atoms with E-state index in [-0.39, 0.29) is 6.61 Å². The van der Waals surface area contributed by atoms with Crippen LogP contribution < -0.4 is 0 Å². The summed E-state index contributed by atoms with van der Waals surface area (Å²) in [7, 11) is 0. The van der Waals surface area contributed by atoms with E-state index >= 15 is 0 Å². The first-order valence-corrected chi connectivity index (χ1v) is 4.13. The zero-order chi connectivity index (χ0) is 11.5. The molecule has 0 spiro atoms. The zero-order valence-corrected chi connectivity index (χ0v) is 7.83. The molecule has 0 bridgehead atoms. The quantitative estimate of drug-likeness (QED) is 0.438. The number of rotatable bonds is 4. The molecular formula is C9H8F2O4. The van der Waals surface area contributed by atoms with Crippen LogP contribution in [-0.2, 0) is 9.53 Å². The van der Waals surface area contributed by atoms with Gasteiger partial charge in [0.1, 0.15) is 0 Å². The first kappa shape index (κ1) is 11.4. The van der Waals surface area contributed by atoms with Gasteiger partial charge in [0, 0.05) is 0 Å². The van der Waals surface area contributed by atoms with Crippen LogP contribution in [0.25, 0.3) is 0 Å². The van der Waals surface area contributed by atoms with Crippen molar-refractivity contribution in [1.29, 1.82) is 0 Å². The Morgan fingerprint density at radius 2 is 2.20 bits per heavy atom. The van der Waals surface area contributed by atoms with Crippen LogP contribution in [0, 0.1) is 0 Å². The molecule has 6 heteroatoms. The van der Waals surface area contributed by atoms with Gasteiger partial charge in [-0.1, -0.05) is 0 Å². The second-order valence-corrected chi connectivity index (χ2v) is 2.60. The van der Waals surface area contributed by atoms with Gasteiger partial charge in [-0.2, -0.15) is 8.78 Å². The number of hydrogen-bond donors (Lipinski definition) is 0. The Kier molecular flexibility index (Phi) is 3.18. The summed E-state index contributed by atoms with van der Waals surface area (Å²) in [5.41, 5.74) is 0. The van der Waals surface area contributed by atoms with E-state index in [1.54, 1.807) is 0 Å². The van der Waals surface area contributed by atoms with Crippen molar-refractivity contribution >= 4 is 11.8 Å². The predicted octanol–water partition coefficient (Wildman–Crippen LogP) is 1.66. The molecule has 0 amide bonds. The van der Waals surface area contributed by atoms with Gasteiger partial charge in [0.15, 0.2) is 5.76 Å². The molecule has 82 valence electrons. The molecule has 0 atom stereocenters. The maximum Gasteiger partial charge on any atom is 0.407 e. The first-order valence-electron chi connectivity index (χ1n) is 4.13. The van der Waals surface area contributed by atoms with Gasteiger partial charge in [0.05, 0.1) is 12.9 Å². The number of Topliss-reactive ketones (excluding diaryl/α,β-unsaturated/α-hetero) is 1. The number of ketones is 1. The van der Waals surface area contributed by atoms with Crippen molar-refractivity contribution in [3.8, 4) is 0 Å². The molecule has 0 N–H and O–H groups in total. The SMILES string of the molecule is CCOC(=O)C(F)(F)C(=O)c1ccco1. The van der Waals surface area contributed by atoms with Gasteiger partial charge in [-0.05, 0) is 19.1 Å². The molecule has 0 saturated carbocycles. The topological polar surface area (TPSA) is 56.5 Å². The molecule has 0 aromatic carbocycles. The summed E-state index contributed by atoms with van der Waals surface area (Å²) in [6.07, 6.45) is 1.06. The fourth-order valence-corrected chi connectivity index (χ4v) is 0.877. The number of furan rings is 1. The Balaban J connectivity index is 2.86. The van der Waals surface area contributed by atoms with Crippen molar-refractivity contribution in [2.45, 2.75) is 12.8 Å². The fraction of sp³-hybridized carbons (Fsp3) is 0.333. The van der Waals surface area contributed by atoms with Crippen LogP contribution in [0.3, 0.4) is 0 Å². The van der Waals surface area contributed by atoms with E-state index in [4.69, 9.17) is 0 Å². The Hall–Kier alpha value is -1.72. The highest BCUT2D eigenvalue weighted by molar-refractivity contribution is 6.12. The van der Waals surface area contributed by atoms with E-state index in [2.05, 4.69) is 9.15 Å². The molecule has 1 aromatic rings. The minimum absolute atomic E-state index is 0.222. The lowest BCUT2D eigenvalue weighted by molar-refractivity contribution is -0.164. The standard InChI is InChI=1S/C9H8F2O4/c1-2-14-8(13)9(10,11)7(12)6-4-3-5-15-6/h3-5H,2H2,1H3. The van der Waals surface area contributed by atoms with Crippen LogP contribution in [0.5, 0.6) is 0 Å². The van der Waals surface area contributed by atoms with Crippen molar-refractivity contribution in [2.75, 3.05) is 6.61 Å². The highest BCUT2D eigenvalue weighted by atomic mass is 19.3. The third kappa shape index (κ3) is 2.20. The lowest BCUT2D eigenvalue weighted by Crippen LogP contribution is -2.39. The molecule has 0 aliphatic rings. The summed E-state index contributed by atoms with van der Waals surface area (Å²) in [5, 5.41) is 0. The summed E-state index contributed by atoms with van der Waals surface area (Å²) < 4.78 is 34.7. The molecule has 1 aromatic heterocycles. The van der Waals surface area contributed by atoms with Crippen LogP contribution in [0.2, 0.25) is 0 Å². The predicted molar refractivity (Wildman–Crippen MR) is 44.6 cm³/mol. The summed E-state index contributed by atoms with van der Waals surface area (Å²) in [6, 6.07) is 2.32. The van der Waals surface area contributed by atoms with Gasteiger partial charge in [-0.15, -0.1) is 0 Å². The average molecular weight is 218 g/mol. The highest BCUT2D eigenvalue weighted by Gasteiger charge is 2.50. The van der Waals surface area contributed by atoms with Gasteiger partial charge >= 0.3 is 11.9 Å². The van der Waals surface area contributed by atoms with Crippen molar-refractivity contribution in [3.05, 3.63) is 24.2 Å². The van der Waals surface area contributed by atoms with E-state index < -0.39 is 23.4 Å². The first-order chi connectivity index (χ1) is 7.00. The third-order valence-corrected chi connectivity index (χ3v) is 1.56. The lowest BCUT2D eigenvalue weighted by atomic mass is 10.2. The monoisotopic (exact) mass is 218 g/mol. The molecule has 0 fully saturated rings. The molecule has 0 aliphatic heterocycles. The molecular weight excluding hydrogens is 210 g/mol. The van der Waals surface area contributed by atoms with Gasteiger partial charge in [-0.25, -0.2) is 4.79 Å². The van der Waals surface area contributed by atoms with Crippen molar-refractivity contribution in [1.82, 2.24) is 0 Å². The number of esters is 1. The summed E-state index contributed by atoms with van der Waals surface area (Å²) >= 11 is 0. The number of hydrogen-bond acceptors (Lipinski definition) is 4. The molecule has 0 radical (unpaired) electrons. The number of ether oxygens (including phenoxy) is 1. The molecule has 0 aliphatic carbocycles. The Bertz CT molecular complexity index is 356. The van der Waals surface area contributed by atoms with Gasteiger partial charge in [0.2, 0.25) is 0 Å². The Morgan fingerprint density at radius 1 is 1.53 bits per heavy atom. The van der Waals surface area contributed by atoms with Crippen LogP contribution in [0.4, 0.5) is 8.78 Å². The van der Waals surface area contributed by atoms with E-state index in [9.17, 15) is 18.4 Å². The van der Waals surface area contributed by atoms with Crippen molar-refractivity contribution in [2.24, 2.45) is 0 Å². The molecule has 1 heterocycles. The van der Waals surface area contributed by atoms with Crippen LogP contribution >= 0.6 is 0 Å². The van der Waals surface area contributed by atoms with Crippen LogP contribution in [0.1, 0.15) is 17.5 Å². The van der Waals surface area contributed by atoms with E-state index in [1.807, 2.05) is 0 Å². The summed E-state index contributed by atoms with van der Waals surface area (Å²) in [4.78, 5) is 21.9. The van der Waals surface area contributed by atoms with Crippen LogP contribution in [0.15, 0.2) is 22.8 Å². The number of halogens is 2. The van der Waals surface area contributed by atoms with Crippen LogP contribution in [-0.4, -0.2) is 24.3 Å². The summed E-state index contributed by atoms with van der Waals surface area (Å²) in [5.74, 6) is -8.35. The van der Waals surface area contributed by atoms with E-state index in [0.29, 0.717) is 0 Å². The normalized spacial score (nSPS) is 11.1. The largest absolute Gasteiger partial charge is 0.461 e. The maximum absolute atomic E-state index is 13.1. The second kappa shape index (κ2) is 4.20. The molecule has 15 heavy (non-hydrogen) atoms. The van der Waals surface area contributed by atoms with E-state index in [0.717, 1.165) is 12.3 Å². The third-order valence-electron chi connectivity index (χ3n) is 1.56. The zero-order valence-electron chi connectivity index (χ0n) is 7.83. The minimum Gasteiger partial charge on any atom is -0.461 e.